The van der Waals surface area contributed by atoms with Crippen LogP contribution in [0.1, 0.15) is 172 Å². The van der Waals surface area contributed by atoms with Crippen molar-refractivity contribution in [1.82, 2.24) is 5.32 Å². The lowest BCUT2D eigenvalue weighted by molar-refractivity contribution is 0.306. The molecular weight excluding hydrogens is 731 g/mol. The molecule has 1 aliphatic heterocycles. The van der Waals surface area contributed by atoms with E-state index in [2.05, 4.69) is 132 Å². The van der Waals surface area contributed by atoms with Crippen molar-refractivity contribution >= 4 is 22.8 Å². The second kappa shape index (κ2) is 26.3. The van der Waals surface area contributed by atoms with E-state index in [1.54, 1.807) is 0 Å². The lowest BCUT2D eigenvalue weighted by atomic mass is 9.93. The van der Waals surface area contributed by atoms with Crippen molar-refractivity contribution in [3.05, 3.63) is 102 Å². The minimum absolute atomic E-state index is 0.190. The Bertz CT molecular complexity index is 1810. The van der Waals surface area contributed by atoms with E-state index in [9.17, 15) is 0 Å². The molecule has 60 heavy (non-hydrogen) atoms. The summed E-state index contributed by atoms with van der Waals surface area (Å²) < 4.78 is 6.82. The highest BCUT2D eigenvalue weighted by Crippen LogP contribution is 2.43. The topological polar surface area (TPSA) is 46.0 Å². The summed E-state index contributed by atoms with van der Waals surface area (Å²) in [5.41, 5.74) is 12.6. The fraction of sp³-hybridized carbons (Fsp3) is 0.536. The van der Waals surface area contributed by atoms with Crippen molar-refractivity contribution in [2.24, 2.45) is 9.98 Å². The Hall–Kier alpha value is -4.02. The van der Waals surface area contributed by atoms with Gasteiger partial charge in [0.2, 0.25) is 0 Å². The van der Waals surface area contributed by atoms with Gasteiger partial charge in [0.25, 0.3) is 0 Å². The molecule has 5 rings (SSSR count). The summed E-state index contributed by atoms with van der Waals surface area (Å²) in [6.45, 7) is 13.9. The number of unbranched alkanes of at least 4 members (excludes halogenated alkanes) is 17. The van der Waals surface area contributed by atoms with E-state index in [0.717, 1.165) is 83.1 Å². The van der Waals surface area contributed by atoms with Crippen molar-refractivity contribution in [2.45, 2.75) is 188 Å². The molecule has 0 saturated carbocycles. The van der Waals surface area contributed by atoms with Crippen LogP contribution in [-0.2, 0) is 0 Å². The summed E-state index contributed by atoms with van der Waals surface area (Å²) in [5.74, 6) is 0.959. The van der Waals surface area contributed by atoms with Crippen molar-refractivity contribution in [3.8, 4) is 28.0 Å². The Morgan fingerprint density at radius 2 is 0.967 bits per heavy atom. The zero-order valence-electron chi connectivity index (χ0n) is 38.6. The molecule has 2 unspecified atom stereocenters. The Kier molecular flexibility index (Phi) is 20.7. The molecule has 4 aromatic rings. The fourth-order valence-electron chi connectivity index (χ4n) is 9.16. The molecule has 1 saturated heterocycles. The molecule has 1 fully saturated rings. The minimum Gasteiger partial charge on any atom is -0.492 e. The number of nitrogens with zero attached hydrogens (tertiary/aromatic N) is 2. The van der Waals surface area contributed by atoms with Crippen LogP contribution in [0.15, 0.2) is 94.9 Å². The van der Waals surface area contributed by atoms with Crippen LogP contribution in [0.2, 0.25) is 0 Å². The first-order chi connectivity index (χ1) is 29.3. The number of benzene rings is 4. The molecule has 0 aromatic heterocycles. The van der Waals surface area contributed by atoms with E-state index in [0.29, 0.717) is 0 Å². The highest BCUT2D eigenvalue weighted by atomic mass is 16.5. The standard InChI is InChI=1S/C56H79N3O/c1-7-8-9-10-11-12-13-14-15-16-17-18-19-20-21-22-23-30-38-60-56-51(48-32-26-24-27-33-48)41-50(42-52(56)49-34-28-25-29-35-49)57-46(5)53-36-31-37-54(59-53)47(6)58-55-44(3)39-43(2)40-45(55)4/h24-29,32-35,39-42,53-54,59H,7-23,30-31,36-38H2,1-6H3. The van der Waals surface area contributed by atoms with Gasteiger partial charge in [0.1, 0.15) is 5.75 Å². The van der Waals surface area contributed by atoms with Crippen molar-refractivity contribution in [2.75, 3.05) is 6.61 Å². The van der Waals surface area contributed by atoms with Gasteiger partial charge < -0.3 is 10.1 Å². The third kappa shape index (κ3) is 15.5. The number of rotatable bonds is 26. The summed E-state index contributed by atoms with van der Waals surface area (Å²) >= 11 is 0. The SMILES string of the molecule is CCCCCCCCCCCCCCCCCCCCOc1c(-c2ccccc2)cc(N=C(C)C2CCCC(C(C)=Nc3c(C)cc(C)cc3C)N2)cc1-c1ccccc1. The molecule has 0 spiro atoms. The third-order valence-electron chi connectivity index (χ3n) is 12.6. The van der Waals surface area contributed by atoms with Crippen LogP contribution >= 0.6 is 0 Å². The van der Waals surface area contributed by atoms with Gasteiger partial charge >= 0.3 is 0 Å². The second-order valence-corrected chi connectivity index (χ2v) is 17.9. The number of aryl methyl sites for hydroxylation is 3. The smallest absolute Gasteiger partial charge is 0.135 e. The van der Waals surface area contributed by atoms with Gasteiger partial charge in [-0.3, -0.25) is 9.98 Å². The zero-order chi connectivity index (χ0) is 42.4. The van der Waals surface area contributed by atoms with E-state index >= 15 is 0 Å². The molecule has 1 aliphatic rings. The van der Waals surface area contributed by atoms with Crippen molar-refractivity contribution in [3.63, 3.8) is 0 Å². The van der Waals surface area contributed by atoms with Gasteiger partial charge in [-0.15, -0.1) is 0 Å². The number of aliphatic imine (C=N–C) groups is 2. The Balaban J connectivity index is 1.17. The minimum atomic E-state index is 0.190. The van der Waals surface area contributed by atoms with Gasteiger partial charge in [0.15, 0.2) is 0 Å². The van der Waals surface area contributed by atoms with Gasteiger partial charge in [-0.1, -0.05) is 194 Å². The monoisotopic (exact) mass is 810 g/mol. The number of ether oxygens (including phenoxy) is 1. The molecule has 0 radical (unpaired) electrons. The molecule has 0 aliphatic carbocycles. The Morgan fingerprint density at radius 1 is 0.550 bits per heavy atom. The van der Waals surface area contributed by atoms with Crippen LogP contribution in [0.4, 0.5) is 11.4 Å². The first-order valence-electron chi connectivity index (χ1n) is 24.2. The van der Waals surface area contributed by atoms with Crippen molar-refractivity contribution < 1.29 is 4.74 Å². The van der Waals surface area contributed by atoms with Crippen LogP contribution in [0.3, 0.4) is 0 Å². The summed E-state index contributed by atoms with van der Waals surface area (Å²) in [5, 5.41) is 3.94. The molecule has 324 valence electrons. The molecule has 0 bridgehead atoms. The number of hydrogen-bond acceptors (Lipinski definition) is 4. The number of piperidine rings is 1. The lowest BCUT2D eigenvalue weighted by Crippen LogP contribution is -2.49. The number of nitrogens with one attached hydrogen (secondary N) is 1. The van der Waals surface area contributed by atoms with E-state index in [-0.39, 0.29) is 12.1 Å². The second-order valence-electron chi connectivity index (χ2n) is 17.9. The highest BCUT2D eigenvalue weighted by molar-refractivity contribution is 5.94. The van der Waals surface area contributed by atoms with E-state index in [1.807, 2.05) is 0 Å². The largest absolute Gasteiger partial charge is 0.492 e. The van der Waals surface area contributed by atoms with Gasteiger partial charge in [-0.25, -0.2) is 0 Å². The fourth-order valence-corrected chi connectivity index (χ4v) is 9.16. The summed E-state index contributed by atoms with van der Waals surface area (Å²) in [6, 6.07) is 30.8. The van der Waals surface area contributed by atoms with Gasteiger partial charge in [0.05, 0.1) is 18.0 Å². The lowest BCUT2D eigenvalue weighted by Gasteiger charge is -2.31. The molecular formula is C56H79N3O. The molecule has 2 atom stereocenters. The maximum atomic E-state index is 6.82. The van der Waals surface area contributed by atoms with Gasteiger partial charge in [-0.05, 0) is 94.7 Å². The van der Waals surface area contributed by atoms with Gasteiger partial charge in [0, 0.05) is 34.6 Å². The van der Waals surface area contributed by atoms with E-state index < -0.39 is 0 Å². The number of hydrogen-bond donors (Lipinski definition) is 1. The van der Waals surface area contributed by atoms with Crippen LogP contribution in [0.25, 0.3) is 22.3 Å². The quantitative estimate of drug-likeness (QED) is 0.0507. The highest BCUT2D eigenvalue weighted by Gasteiger charge is 2.25. The summed E-state index contributed by atoms with van der Waals surface area (Å²) in [4.78, 5) is 10.5. The third-order valence-corrected chi connectivity index (χ3v) is 12.6. The van der Waals surface area contributed by atoms with Crippen LogP contribution in [-0.4, -0.2) is 30.1 Å². The summed E-state index contributed by atoms with van der Waals surface area (Å²) in [6.07, 6.45) is 28.1. The van der Waals surface area contributed by atoms with E-state index in [1.165, 1.54) is 126 Å². The molecule has 4 aromatic carbocycles. The average molecular weight is 810 g/mol. The van der Waals surface area contributed by atoms with Crippen LogP contribution < -0.4 is 10.1 Å². The molecule has 1 N–H and O–H groups in total. The predicted molar refractivity (Wildman–Crippen MR) is 262 cm³/mol. The van der Waals surface area contributed by atoms with E-state index in [4.69, 9.17) is 14.7 Å². The Labute approximate surface area is 366 Å². The normalized spacial score (nSPS) is 16.0. The average Bonchev–Trinajstić information content (AvgIpc) is 3.26. The van der Waals surface area contributed by atoms with Crippen LogP contribution in [0.5, 0.6) is 5.75 Å². The first-order valence-corrected chi connectivity index (χ1v) is 24.2. The summed E-state index contributed by atoms with van der Waals surface area (Å²) in [7, 11) is 0. The van der Waals surface area contributed by atoms with Gasteiger partial charge in [-0.2, -0.15) is 0 Å². The maximum absolute atomic E-state index is 6.82. The predicted octanol–water partition coefficient (Wildman–Crippen LogP) is 16.8. The molecule has 4 nitrogen and oxygen atoms in total. The molecule has 1 heterocycles. The maximum Gasteiger partial charge on any atom is 0.135 e. The molecule has 4 heteroatoms. The molecule has 0 amide bonds. The Morgan fingerprint density at radius 3 is 1.42 bits per heavy atom. The first kappa shape index (κ1) is 47.0. The van der Waals surface area contributed by atoms with Crippen LogP contribution in [0, 0.1) is 20.8 Å². The van der Waals surface area contributed by atoms with Crippen molar-refractivity contribution in [1.29, 1.82) is 0 Å². The zero-order valence-corrected chi connectivity index (χ0v) is 38.6.